The van der Waals surface area contributed by atoms with Crippen LogP contribution in [0, 0.1) is 0 Å². The highest BCUT2D eigenvalue weighted by Gasteiger charge is 2.27. The second-order valence-corrected chi connectivity index (χ2v) is 9.31. The van der Waals surface area contributed by atoms with E-state index in [0.717, 1.165) is 12.0 Å². The average molecular weight is 461 g/mol. The van der Waals surface area contributed by atoms with Crippen LogP contribution >= 0.6 is 11.6 Å². The second-order valence-electron chi connectivity index (χ2n) is 8.93. The molecule has 1 amide bonds. The molecule has 172 valence electrons. The van der Waals surface area contributed by atoms with Gasteiger partial charge in [-0.15, -0.1) is 0 Å². The molecule has 2 aromatic carbocycles. The first-order valence-electron chi connectivity index (χ1n) is 10.9. The van der Waals surface area contributed by atoms with Crippen molar-refractivity contribution in [2.24, 2.45) is 0 Å². The Balaban J connectivity index is 1.92. The lowest BCUT2D eigenvalue weighted by Gasteiger charge is -2.37. The minimum Gasteiger partial charge on any atom is -0.444 e. The second kappa shape index (κ2) is 9.90. The Bertz CT molecular complexity index is 982. The fourth-order valence-corrected chi connectivity index (χ4v) is 4.11. The van der Waals surface area contributed by atoms with Gasteiger partial charge in [-0.3, -0.25) is 4.79 Å². The van der Waals surface area contributed by atoms with Crippen molar-refractivity contribution in [1.82, 2.24) is 4.90 Å². The Morgan fingerprint density at radius 3 is 2.41 bits per heavy atom. The maximum absolute atomic E-state index is 14.8. The minimum absolute atomic E-state index is 0.296. The third kappa shape index (κ3) is 5.41. The molecule has 32 heavy (non-hydrogen) atoms. The van der Waals surface area contributed by atoms with Gasteiger partial charge in [0.25, 0.3) is 0 Å². The molecule has 0 aromatic heterocycles. The molecule has 1 fully saturated rings. The van der Waals surface area contributed by atoms with Gasteiger partial charge in [-0.25, -0.2) is 9.18 Å². The summed E-state index contributed by atoms with van der Waals surface area (Å²) < 4.78 is 20.3. The number of halogens is 2. The molecule has 1 atom stereocenters. The molecule has 3 rings (SSSR count). The van der Waals surface area contributed by atoms with Crippen LogP contribution in [-0.2, 0) is 4.74 Å². The van der Waals surface area contributed by atoms with Gasteiger partial charge >= 0.3 is 6.09 Å². The largest absolute Gasteiger partial charge is 0.444 e. The molecule has 1 aliphatic heterocycles. The number of benzene rings is 2. The zero-order chi connectivity index (χ0) is 23.5. The molecule has 0 N–H and O–H groups in total. The molecular weight excluding hydrogens is 431 g/mol. The summed E-state index contributed by atoms with van der Waals surface area (Å²) in [5, 5.41) is 0.324. The quantitative estimate of drug-likeness (QED) is 0.491. The topological polar surface area (TPSA) is 49.9 Å². The van der Waals surface area contributed by atoms with Gasteiger partial charge in [-0.2, -0.15) is 0 Å². The number of amides is 1. The van der Waals surface area contributed by atoms with Gasteiger partial charge in [-0.1, -0.05) is 42.8 Å². The van der Waals surface area contributed by atoms with Crippen molar-refractivity contribution in [2.75, 3.05) is 31.1 Å². The van der Waals surface area contributed by atoms with E-state index in [1.165, 1.54) is 0 Å². The number of anilines is 1. The van der Waals surface area contributed by atoms with Crippen LogP contribution in [-0.4, -0.2) is 49.1 Å². The van der Waals surface area contributed by atoms with Gasteiger partial charge in [0.05, 0.1) is 5.02 Å². The highest BCUT2D eigenvalue weighted by molar-refractivity contribution is 6.34. The third-order valence-electron chi connectivity index (χ3n) is 5.46. The minimum atomic E-state index is -1.22. The summed E-state index contributed by atoms with van der Waals surface area (Å²) >= 11 is 6.64. The van der Waals surface area contributed by atoms with Gasteiger partial charge in [0.1, 0.15) is 11.8 Å². The molecule has 1 unspecified atom stereocenters. The van der Waals surface area contributed by atoms with Crippen LogP contribution in [0.25, 0.3) is 11.1 Å². The number of ether oxygens (including phenoxy) is 1. The zero-order valence-electron chi connectivity index (χ0n) is 19.0. The Morgan fingerprint density at radius 2 is 1.81 bits per heavy atom. The molecular formula is C25H30ClFN2O3. The lowest BCUT2D eigenvalue weighted by atomic mass is 9.95. The van der Waals surface area contributed by atoms with Gasteiger partial charge in [0.15, 0.2) is 6.29 Å². The van der Waals surface area contributed by atoms with Crippen LogP contribution in [0.1, 0.15) is 56.2 Å². The van der Waals surface area contributed by atoms with E-state index in [0.29, 0.717) is 59.9 Å². The van der Waals surface area contributed by atoms with Crippen LogP contribution in [0.15, 0.2) is 36.4 Å². The van der Waals surface area contributed by atoms with Gasteiger partial charge < -0.3 is 14.5 Å². The molecule has 5 nitrogen and oxygen atoms in total. The number of carbonyl (C=O) groups excluding carboxylic acids is 2. The first-order chi connectivity index (χ1) is 15.1. The Labute approximate surface area is 194 Å². The predicted octanol–water partition coefficient (Wildman–Crippen LogP) is 6.30. The molecule has 2 aromatic rings. The van der Waals surface area contributed by atoms with E-state index in [-0.39, 0.29) is 6.09 Å². The van der Waals surface area contributed by atoms with Crippen LogP contribution in [0.3, 0.4) is 0 Å². The fourth-order valence-electron chi connectivity index (χ4n) is 3.78. The predicted molar refractivity (Wildman–Crippen MR) is 126 cm³/mol. The summed E-state index contributed by atoms with van der Waals surface area (Å²) in [6, 6.07) is 10.8. The number of hydrogen-bond donors (Lipinski definition) is 0. The van der Waals surface area contributed by atoms with Crippen molar-refractivity contribution in [2.45, 2.75) is 45.9 Å². The van der Waals surface area contributed by atoms with Gasteiger partial charge in [-0.05, 0) is 44.9 Å². The summed E-state index contributed by atoms with van der Waals surface area (Å²) in [5.74, 6) is 0. The average Bonchev–Trinajstić information content (AvgIpc) is 2.77. The lowest BCUT2D eigenvalue weighted by Crippen LogP contribution is -2.50. The first kappa shape index (κ1) is 24.1. The molecule has 0 spiro atoms. The molecule has 1 aliphatic rings. The van der Waals surface area contributed by atoms with Crippen LogP contribution < -0.4 is 4.90 Å². The molecule has 0 aliphatic carbocycles. The molecule has 1 saturated heterocycles. The van der Waals surface area contributed by atoms with Crippen molar-refractivity contribution >= 4 is 29.7 Å². The van der Waals surface area contributed by atoms with E-state index >= 15 is 0 Å². The maximum atomic E-state index is 14.8. The lowest BCUT2D eigenvalue weighted by molar-refractivity contribution is 0.0240. The van der Waals surface area contributed by atoms with E-state index in [9.17, 15) is 14.0 Å². The third-order valence-corrected chi connectivity index (χ3v) is 5.88. The van der Waals surface area contributed by atoms with Crippen LogP contribution in [0.2, 0.25) is 5.02 Å². The van der Waals surface area contributed by atoms with Crippen molar-refractivity contribution < 1.29 is 18.7 Å². The van der Waals surface area contributed by atoms with Gasteiger partial charge in [0, 0.05) is 48.6 Å². The summed E-state index contributed by atoms with van der Waals surface area (Å²) in [5.41, 5.74) is 2.49. The zero-order valence-corrected chi connectivity index (χ0v) is 19.8. The van der Waals surface area contributed by atoms with Crippen LogP contribution in [0.5, 0.6) is 0 Å². The van der Waals surface area contributed by atoms with Crippen LogP contribution in [0.4, 0.5) is 14.9 Å². The normalized spacial score (nSPS) is 15.4. The number of hydrogen-bond acceptors (Lipinski definition) is 4. The number of nitrogens with zero attached hydrogens (tertiary/aromatic N) is 2. The number of carbonyl (C=O) groups is 2. The van der Waals surface area contributed by atoms with Crippen molar-refractivity contribution in [1.29, 1.82) is 0 Å². The molecule has 0 radical (unpaired) electrons. The van der Waals surface area contributed by atoms with E-state index in [1.807, 2.05) is 39.0 Å². The summed E-state index contributed by atoms with van der Waals surface area (Å²) in [6.07, 6.45) is -0.466. The summed E-state index contributed by atoms with van der Waals surface area (Å²) in [6.45, 7) is 9.46. The molecule has 7 heteroatoms. The van der Waals surface area contributed by atoms with E-state index < -0.39 is 11.8 Å². The number of rotatable bonds is 5. The summed E-state index contributed by atoms with van der Waals surface area (Å²) in [7, 11) is 0. The van der Waals surface area contributed by atoms with E-state index in [1.54, 1.807) is 30.0 Å². The smallest absolute Gasteiger partial charge is 0.410 e. The Hall–Kier alpha value is -2.60. The van der Waals surface area contributed by atoms with E-state index in [4.69, 9.17) is 16.3 Å². The van der Waals surface area contributed by atoms with Gasteiger partial charge in [0.2, 0.25) is 0 Å². The SMILES string of the molecule is CCC(F)c1cc(N2CCN(C(=O)OC(C)(C)C)CC2)cc(-c2ccccc2C=O)c1Cl. The molecule has 0 saturated carbocycles. The van der Waals surface area contributed by atoms with Crippen molar-refractivity contribution in [3.05, 3.63) is 52.5 Å². The highest BCUT2D eigenvalue weighted by Crippen LogP contribution is 2.40. The molecule has 0 bridgehead atoms. The highest BCUT2D eigenvalue weighted by atomic mass is 35.5. The summed E-state index contributed by atoms with van der Waals surface area (Å²) in [4.78, 5) is 27.8. The monoisotopic (exact) mass is 460 g/mol. The van der Waals surface area contributed by atoms with Crippen molar-refractivity contribution in [3.63, 3.8) is 0 Å². The standard InChI is InChI=1S/C25H30ClFN2O3/c1-5-22(27)21-15-18(14-20(23(21)26)19-9-7-6-8-17(19)16-30)28-10-12-29(13-11-28)24(31)32-25(2,3)4/h6-9,14-16,22H,5,10-13H2,1-4H3. The van der Waals surface area contributed by atoms with E-state index in [2.05, 4.69) is 4.90 Å². The Kier molecular flexibility index (Phi) is 7.44. The van der Waals surface area contributed by atoms with Crippen molar-refractivity contribution in [3.8, 4) is 11.1 Å². The fraction of sp³-hybridized carbons (Fsp3) is 0.440. The molecule has 1 heterocycles. The maximum Gasteiger partial charge on any atom is 0.410 e. The number of piperazine rings is 1. The number of alkyl halides is 1. The first-order valence-corrected chi connectivity index (χ1v) is 11.3. The number of aldehydes is 1. The Morgan fingerprint density at radius 1 is 1.16 bits per heavy atom.